The second-order valence-corrected chi connectivity index (χ2v) is 4.54. The van der Waals surface area contributed by atoms with Crippen LogP contribution in [0.3, 0.4) is 0 Å². The van der Waals surface area contributed by atoms with Gasteiger partial charge in [0, 0.05) is 18.6 Å². The van der Waals surface area contributed by atoms with Crippen molar-refractivity contribution >= 4 is 40.0 Å². The van der Waals surface area contributed by atoms with Gasteiger partial charge in [0.2, 0.25) is 5.13 Å². The molecular formula is C10H10ClN5OS. The van der Waals surface area contributed by atoms with E-state index < -0.39 is 5.91 Å². The molecule has 0 radical (unpaired) electrons. The fraction of sp³-hybridized carbons (Fsp3) is 0.200. The standard InChI is InChI=1S/C10H10ClN5OS/c1-5-13-10(18-16-5)15-9(17)8-6(11)3-4-7(12-2)14-8/h3-4H,1-2H3,(H,12,14)(H,13,15,16,17). The number of aromatic nitrogens is 3. The lowest BCUT2D eigenvalue weighted by molar-refractivity contribution is 0.102. The zero-order valence-corrected chi connectivity index (χ0v) is 11.3. The number of nitrogens with zero attached hydrogens (tertiary/aromatic N) is 3. The first-order valence-corrected chi connectivity index (χ1v) is 6.21. The number of carbonyl (C=O) groups excluding carboxylic acids is 1. The fourth-order valence-electron chi connectivity index (χ4n) is 1.24. The fourth-order valence-corrected chi connectivity index (χ4v) is 2.01. The van der Waals surface area contributed by atoms with Gasteiger partial charge in [-0.05, 0) is 19.1 Å². The van der Waals surface area contributed by atoms with E-state index >= 15 is 0 Å². The number of hydrogen-bond donors (Lipinski definition) is 2. The number of hydrogen-bond acceptors (Lipinski definition) is 6. The highest BCUT2D eigenvalue weighted by atomic mass is 35.5. The van der Waals surface area contributed by atoms with Crippen LogP contribution >= 0.6 is 23.1 Å². The minimum absolute atomic E-state index is 0.149. The summed E-state index contributed by atoms with van der Waals surface area (Å²) in [4.78, 5) is 20.1. The normalized spacial score (nSPS) is 10.2. The highest BCUT2D eigenvalue weighted by Crippen LogP contribution is 2.18. The van der Waals surface area contributed by atoms with E-state index in [0.717, 1.165) is 11.5 Å². The molecule has 2 aromatic heterocycles. The predicted molar refractivity (Wildman–Crippen MR) is 71.4 cm³/mol. The Kier molecular flexibility index (Phi) is 3.73. The van der Waals surface area contributed by atoms with E-state index in [-0.39, 0.29) is 10.7 Å². The van der Waals surface area contributed by atoms with Crippen LogP contribution in [0.15, 0.2) is 12.1 Å². The highest BCUT2D eigenvalue weighted by molar-refractivity contribution is 7.09. The monoisotopic (exact) mass is 283 g/mol. The second-order valence-electron chi connectivity index (χ2n) is 3.38. The van der Waals surface area contributed by atoms with Gasteiger partial charge in [0.05, 0.1) is 5.02 Å². The van der Waals surface area contributed by atoms with Crippen molar-refractivity contribution < 1.29 is 4.79 Å². The summed E-state index contributed by atoms with van der Waals surface area (Å²) in [6.45, 7) is 1.75. The summed E-state index contributed by atoms with van der Waals surface area (Å²) in [7, 11) is 1.71. The van der Waals surface area contributed by atoms with Crippen LogP contribution in [-0.2, 0) is 0 Å². The summed E-state index contributed by atoms with van der Waals surface area (Å²) in [6.07, 6.45) is 0. The van der Waals surface area contributed by atoms with Crippen molar-refractivity contribution in [2.45, 2.75) is 6.92 Å². The number of pyridine rings is 1. The molecule has 0 aliphatic heterocycles. The molecule has 6 nitrogen and oxygen atoms in total. The van der Waals surface area contributed by atoms with Crippen molar-refractivity contribution in [2.75, 3.05) is 17.7 Å². The van der Waals surface area contributed by atoms with E-state index in [1.807, 2.05) is 0 Å². The molecule has 0 aliphatic carbocycles. The Morgan fingerprint density at radius 1 is 1.39 bits per heavy atom. The first-order valence-electron chi connectivity index (χ1n) is 5.06. The maximum atomic E-state index is 12.0. The van der Waals surface area contributed by atoms with Gasteiger partial charge < -0.3 is 5.32 Å². The SMILES string of the molecule is CNc1ccc(Cl)c(C(=O)Nc2nc(C)ns2)n1. The minimum Gasteiger partial charge on any atom is -0.373 e. The maximum Gasteiger partial charge on any atom is 0.277 e. The molecule has 1 amide bonds. The number of carbonyl (C=O) groups is 1. The van der Waals surface area contributed by atoms with Crippen molar-refractivity contribution in [1.29, 1.82) is 0 Å². The Bertz CT molecular complexity index is 585. The van der Waals surface area contributed by atoms with Crippen molar-refractivity contribution in [3.05, 3.63) is 28.7 Å². The van der Waals surface area contributed by atoms with Crippen LogP contribution in [0, 0.1) is 6.92 Å². The zero-order chi connectivity index (χ0) is 13.1. The molecule has 0 spiro atoms. The predicted octanol–water partition coefficient (Wildman–Crippen LogP) is 2.19. The average molecular weight is 284 g/mol. The lowest BCUT2D eigenvalue weighted by atomic mass is 10.3. The number of rotatable bonds is 3. The summed E-state index contributed by atoms with van der Waals surface area (Å²) in [6, 6.07) is 3.30. The zero-order valence-electron chi connectivity index (χ0n) is 9.69. The van der Waals surface area contributed by atoms with Crippen LogP contribution in [0.5, 0.6) is 0 Å². The van der Waals surface area contributed by atoms with Gasteiger partial charge in [-0.3, -0.25) is 10.1 Å². The minimum atomic E-state index is -0.409. The van der Waals surface area contributed by atoms with E-state index in [1.54, 1.807) is 26.1 Å². The number of halogens is 1. The molecule has 0 aromatic carbocycles. The summed E-state index contributed by atoms with van der Waals surface area (Å²) in [5.74, 6) is 0.768. The smallest absolute Gasteiger partial charge is 0.277 e. The van der Waals surface area contributed by atoms with E-state index in [9.17, 15) is 4.79 Å². The Hall–Kier alpha value is -1.73. The molecule has 18 heavy (non-hydrogen) atoms. The van der Waals surface area contributed by atoms with Crippen LogP contribution in [-0.4, -0.2) is 27.3 Å². The molecule has 2 aromatic rings. The van der Waals surface area contributed by atoms with Crippen molar-refractivity contribution in [2.24, 2.45) is 0 Å². The van der Waals surface area contributed by atoms with Gasteiger partial charge in [-0.2, -0.15) is 4.37 Å². The largest absolute Gasteiger partial charge is 0.373 e. The number of nitrogens with one attached hydrogen (secondary N) is 2. The Morgan fingerprint density at radius 3 is 2.78 bits per heavy atom. The first-order chi connectivity index (χ1) is 8.60. The molecule has 2 heterocycles. The van der Waals surface area contributed by atoms with E-state index in [2.05, 4.69) is 25.0 Å². The van der Waals surface area contributed by atoms with Gasteiger partial charge in [-0.25, -0.2) is 9.97 Å². The Morgan fingerprint density at radius 2 is 2.17 bits per heavy atom. The third-order valence-corrected chi connectivity index (χ3v) is 3.09. The molecule has 0 bridgehead atoms. The summed E-state index contributed by atoms with van der Waals surface area (Å²) >= 11 is 7.04. The van der Waals surface area contributed by atoms with Crippen molar-refractivity contribution in [3.63, 3.8) is 0 Å². The van der Waals surface area contributed by atoms with Crippen LogP contribution < -0.4 is 10.6 Å². The van der Waals surface area contributed by atoms with Crippen LogP contribution in [0.4, 0.5) is 10.9 Å². The molecule has 8 heteroatoms. The summed E-state index contributed by atoms with van der Waals surface area (Å²) in [5.41, 5.74) is 0.149. The molecule has 0 unspecified atom stereocenters. The Labute approximate surface area is 113 Å². The molecule has 0 saturated heterocycles. The lowest BCUT2D eigenvalue weighted by Crippen LogP contribution is -2.15. The van der Waals surface area contributed by atoms with Gasteiger partial charge in [-0.15, -0.1) is 0 Å². The average Bonchev–Trinajstić information content (AvgIpc) is 2.75. The van der Waals surface area contributed by atoms with E-state index in [0.29, 0.717) is 16.8 Å². The summed E-state index contributed by atoms with van der Waals surface area (Å²) in [5, 5.41) is 6.15. The van der Waals surface area contributed by atoms with Crippen LogP contribution in [0.1, 0.15) is 16.3 Å². The van der Waals surface area contributed by atoms with Crippen LogP contribution in [0.2, 0.25) is 5.02 Å². The number of amides is 1. The quantitative estimate of drug-likeness (QED) is 0.902. The molecule has 94 valence electrons. The maximum absolute atomic E-state index is 12.0. The van der Waals surface area contributed by atoms with Gasteiger partial charge in [0.1, 0.15) is 17.3 Å². The number of anilines is 2. The van der Waals surface area contributed by atoms with Gasteiger partial charge in [0.25, 0.3) is 5.91 Å². The van der Waals surface area contributed by atoms with Gasteiger partial charge >= 0.3 is 0 Å². The molecule has 0 fully saturated rings. The Balaban J connectivity index is 2.23. The van der Waals surface area contributed by atoms with E-state index in [1.165, 1.54) is 0 Å². The molecule has 2 rings (SSSR count). The molecule has 0 aliphatic rings. The second kappa shape index (κ2) is 5.28. The van der Waals surface area contributed by atoms with Gasteiger partial charge in [0.15, 0.2) is 0 Å². The van der Waals surface area contributed by atoms with Crippen molar-refractivity contribution in [3.8, 4) is 0 Å². The summed E-state index contributed by atoms with van der Waals surface area (Å²) < 4.78 is 3.97. The van der Waals surface area contributed by atoms with Crippen LogP contribution in [0.25, 0.3) is 0 Å². The molecule has 2 N–H and O–H groups in total. The highest BCUT2D eigenvalue weighted by Gasteiger charge is 2.14. The topological polar surface area (TPSA) is 79.8 Å². The number of aryl methyl sites for hydroxylation is 1. The molecular weight excluding hydrogens is 274 g/mol. The molecule has 0 atom stereocenters. The van der Waals surface area contributed by atoms with Gasteiger partial charge in [-0.1, -0.05) is 11.6 Å². The molecule has 0 saturated carbocycles. The first kappa shape index (κ1) is 12.7. The van der Waals surface area contributed by atoms with E-state index in [4.69, 9.17) is 11.6 Å². The third-order valence-electron chi connectivity index (χ3n) is 2.07. The third kappa shape index (κ3) is 2.74. The van der Waals surface area contributed by atoms with Crippen molar-refractivity contribution in [1.82, 2.24) is 14.3 Å². The lowest BCUT2D eigenvalue weighted by Gasteiger charge is -2.05.